The van der Waals surface area contributed by atoms with Crippen LogP contribution in [0.4, 0.5) is 5.69 Å². The molecule has 0 saturated heterocycles. The molecule has 1 unspecified atom stereocenters. The van der Waals surface area contributed by atoms with Crippen LogP contribution in [0.2, 0.25) is 0 Å². The van der Waals surface area contributed by atoms with Gasteiger partial charge in [0.1, 0.15) is 18.5 Å². The number of fused-ring (bicyclic) bond motifs is 1. The number of rotatable bonds is 6. The molecule has 1 aliphatic heterocycles. The van der Waals surface area contributed by atoms with Crippen LogP contribution in [0.3, 0.4) is 0 Å². The highest BCUT2D eigenvalue weighted by atomic mass is 127. The molecule has 0 saturated carbocycles. The van der Waals surface area contributed by atoms with Crippen molar-refractivity contribution in [1.82, 2.24) is 15.4 Å². The van der Waals surface area contributed by atoms with E-state index in [9.17, 15) is 9.59 Å². The Balaban J connectivity index is 1.76. The Morgan fingerprint density at radius 2 is 2.03 bits per heavy atom. The van der Waals surface area contributed by atoms with Gasteiger partial charge in [0.15, 0.2) is 0 Å². The zero-order valence-corrected chi connectivity index (χ0v) is 20.5. The van der Waals surface area contributed by atoms with Crippen LogP contribution in [0.25, 0.3) is 0 Å². The third-order valence-electron chi connectivity index (χ3n) is 4.78. The summed E-state index contributed by atoms with van der Waals surface area (Å²) in [6.45, 7) is 4.02. The van der Waals surface area contributed by atoms with E-state index in [2.05, 4.69) is 60.8 Å². The number of hydrogen-bond acceptors (Lipinski definition) is 5. The van der Waals surface area contributed by atoms with Crippen molar-refractivity contribution < 1.29 is 14.3 Å². The molecule has 2 amide bonds. The Bertz CT molecular complexity index is 1190. The highest BCUT2D eigenvalue weighted by Crippen LogP contribution is 2.37. The number of hydrazine groups is 1. The molecule has 162 valence electrons. The van der Waals surface area contributed by atoms with E-state index >= 15 is 0 Å². The third-order valence-corrected chi connectivity index (χ3v) is 6.17. The van der Waals surface area contributed by atoms with Gasteiger partial charge in [0, 0.05) is 37.3 Å². The molecule has 2 aromatic carbocycles. The molecule has 1 aromatic heterocycles. The highest BCUT2D eigenvalue weighted by Gasteiger charge is 2.36. The topological polar surface area (TPSA) is 83.6 Å². The summed E-state index contributed by atoms with van der Waals surface area (Å²) in [5.41, 5.74) is 5.02. The van der Waals surface area contributed by atoms with Gasteiger partial charge in [0.05, 0.1) is 5.56 Å². The molecule has 2 N–H and O–H groups in total. The van der Waals surface area contributed by atoms with Crippen LogP contribution in [-0.4, -0.2) is 28.4 Å². The van der Waals surface area contributed by atoms with E-state index in [1.807, 2.05) is 30.3 Å². The average Bonchev–Trinajstić information content (AvgIpc) is 2.81. The predicted molar refractivity (Wildman–Crippen MR) is 133 cm³/mol. The summed E-state index contributed by atoms with van der Waals surface area (Å²) in [4.78, 5) is 30.3. The van der Waals surface area contributed by atoms with Crippen LogP contribution < -0.4 is 15.5 Å². The quantitative estimate of drug-likeness (QED) is 0.308. The van der Waals surface area contributed by atoms with Gasteiger partial charge in [-0.2, -0.15) is 0 Å². The number of carbonyl (C=O) groups is 2. The number of nitrogens with zero attached hydrogens (tertiary/aromatic N) is 2. The fourth-order valence-corrected chi connectivity index (χ4v) is 4.22. The van der Waals surface area contributed by atoms with Crippen molar-refractivity contribution in [3.05, 3.63) is 98.3 Å². The Morgan fingerprint density at radius 1 is 1.25 bits per heavy atom. The minimum absolute atomic E-state index is 0.325. The van der Waals surface area contributed by atoms with Crippen LogP contribution in [0.15, 0.2) is 78.1 Å². The number of halogens is 2. The minimum Gasteiger partial charge on any atom is -0.490 e. The molecule has 2 heterocycles. The summed E-state index contributed by atoms with van der Waals surface area (Å²) in [7, 11) is 0. The van der Waals surface area contributed by atoms with E-state index in [1.54, 1.807) is 24.3 Å². The SMILES string of the molecule is C=CCOc1ccc(Br)c(C2Nc3ccc(I)cc3C(=O)N2NC(=O)c2ccncc2)c1. The second-order valence-corrected chi connectivity index (χ2v) is 8.97. The maximum absolute atomic E-state index is 13.5. The summed E-state index contributed by atoms with van der Waals surface area (Å²) in [6.07, 6.45) is 4.03. The summed E-state index contributed by atoms with van der Waals surface area (Å²) in [5, 5.41) is 4.68. The molecule has 0 radical (unpaired) electrons. The molecule has 0 fully saturated rings. The summed E-state index contributed by atoms with van der Waals surface area (Å²) in [6, 6.07) is 14.2. The number of benzene rings is 2. The van der Waals surface area contributed by atoms with Crippen molar-refractivity contribution in [2.75, 3.05) is 11.9 Å². The van der Waals surface area contributed by atoms with Gasteiger partial charge in [0.2, 0.25) is 0 Å². The van der Waals surface area contributed by atoms with E-state index in [0.29, 0.717) is 29.2 Å². The van der Waals surface area contributed by atoms with Crippen LogP contribution in [-0.2, 0) is 0 Å². The monoisotopic (exact) mass is 604 g/mol. The number of pyridine rings is 1. The molecule has 0 bridgehead atoms. The summed E-state index contributed by atoms with van der Waals surface area (Å²) in [5.74, 6) is -0.128. The van der Waals surface area contributed by atoms with Crippen molar-refractivity contribution in [3.8, 4) is 5.75 Å². The van der Waals surface area contributed by atoms with Crippen LogP contribution in [0, 0.1) is 3.57 Å². The predicted octanol–water partition coefficient (Wildman–Crippen LogP) is 4.93. The first-order valence-corrected chi connectivity index (χ1v) is 11.5. The maximum atomic E-state index is 13.5. The van der Waals surface area contributed by atoms with Gasteiger partial charge in [-0.1, -0.05) is 28.6 Å². The van der Waals surface area contributed by atoms with Crippen LogP contribution in [0.5, 0.6) is 5.75 Å². The van der Waals surface area contributed by atoms with Gasteiger partial charge in [-0.05, 0) is 71.1 Å². The number of carbonyl (C=O) groups excluding carboxylic acids is 2. The average molecular weight is 605 g/mol. The largest absolute Gasteiger partial charge is 0.490 e. The first-order chi connectivity index (χ1) is 15.5. The first-order valence-electron chi connectivity index (χ1n) is 9.61. The smallest absolute Gasteiger partial charge is 0.276 e. The van der Waals surface area contributed by atoms with Crippen molar-refractivity contribution in [2.45, 2.75) is 6.17 Å². The number of hydrogen-bond donors (Lipinski definition) is 2. The van der Waals surface area contributed by atoms with Crippen LogP contribution in [0.1, 0.15) is 32.4 Å². The molecule has 3 aromatic rings. The molecule has 0 spiro atoms. The lowest BCUT2D eigenvalue weighted by molar-refractivity contribution is 0.0490. The standard InChI is InChI=1S/C23H18BrIN4O3/c1-2-11-32-16-4-5-19(24)17(13-16)21-27-20-6-3-15(25)12-18(20)23(31)29(21)28-22(30)14-7-9-26-10-8-14/h2-10,12-13,21,27H,1,11H2,(H,28,30). The van der Waals surface area contributed by atoms with Gasteiger partial charge in [-0.3, -0.25) is 20.0 Å². The Labute approximate surface area is 207 Å². The third kappa shape index (κ3) is 4.63. The molecular formula is C23H18BrIN4O3. The normalized spacial score (nSPS) is 14.9. The summed E-state index contributed by atoms with van der Waals surface area (Å²) >= 11 is 5.72. The van der Waals surface area contributed by atoms with Crippen molar-refractivity contribution in [2.24, 2.45) is 0 Å². The molecule has 1 aliphatic rings. The zero-order chi connectivity index (χ0) is 22.7. The summed E-state index contributed by atoms with van der Waals surface area (Å²) < 4.78 is 7.34. The Morgan fingerprint density at radius 3 is 2.78 bits per heavy atom. The lowest BCUT2D eigenvalue weighted by atomic mass is 10.0. The zero-order valence-electron chi connectivity index (χ0n) is 16.7. The lowest BCUT2D eigenvalue weighted by Gasteiger charge is -2.38. The number of amides is 2. The van der Waals surface area contributed by atoms with E-state index < -0.39 is 12.1 Å². The fourth-order valence-electron chi connectivity index (χ4n) is 3.26. The van der Waals surface area contributed by atoms with E-state index in [1.165, 1.54) is 17.4 Å². The highest BCUT2D eigenvalue weighted by molar-refractivity contribution is 14.1. The number of nitrogens with one attached hydrogen (secondary N) is 2. The molecular weight excluding hydrogens is 587 g/mol. The number of aromatic nitrogens is 1. The molecule has 0 aliphatic carbocycles. The van der Waals surface area contributed by atoms with Gasteiger partial charge in [0.25, 0.3) is 11.8 Å². The molecule has 9 heteroatoms. The fraction of sp³-hybridized carbons (Fsp3) is 0.0870. The second-order valence-electron chi connectivity index (χ2n) is 6.87. The maximum Gasteiger partial charge on any atom is 0.276 e. The van der Waals surface area contributed by atoms with E-state index in [4.69, 9.17) is 4.74 Å². The molecule has 32 heavy (non-hydrogen) atoms. The van der Waals surface area contributed by atoms with Gasteiger partial charge < -0.3 is 10.1 Å². The molecule has 4 rings (SSSR count). The molecule has 7 nitrogen and oxygen atoms in total. The van der Waals surface area contributed by atoms with E-state index in [0.717, 1.165) is 13.6 Å². The second kappa shape index (κ2) is 9.70. The van der Waals surface area contributed by atoms with Gasteiger partial charge >= 0.3 is 0 Å². The van der Waals surface area contributed by atoms with Gasteiger partial charge in [-0.25, -0.2) is 5.01 Å². The van der Waals surface area contributed by atoms with E-state index in [-0.39, 0.29) is 5.91 Å². The van der Waals surface area contributed by atoms with Crippen molar-refractivity contribution in [1.29, 1.82) is 0 Å². The van der Waals surface area contributed by atoms with Crippen molar-refractivity contribution >= 4 is 56.0 Å². The first kappa shape index (κ1) is 22.3. The van der Waals surface area contributed by atoms with Gasteiger partial charge in [-0.15, -0.1) is 0 Å². The molecule has 1 atom stereocenters. The lowest BCUT2D eigenvalue weighted by Crippen LogP contribution is -2.53. The number of anilines is 1. The Hall–Kier alpha value is -2.92. The van der Waals surface area contributed by atoms with Crippen molar-refractivity contribution in [3.63, 3.8) is 0 Å². The number of ether oxygens (including phenoxy) is 1. The van der Waals surface area contributed by atoms with Crippen LogP contribution >= 0.6 is 38.5 Å². The Kier molecular flexibility index (Phi) is 6.75. The minimum atomic E-state index is -0.678.